The van der Waals surface area contributed by atoms with E-state index in [1.54, 1.807) is 0 Å². The molecule has 0 bridgehead atoms. The van der Waals surface area contributed by atoms with E-state index in [2.05, 4.69) is 10.3 Å². The van der Waals surface area contributed by atoms with Crippen LogP contribution in [0.1, 0.15) is 72.2 Å². The standard InChI is InChI=1S/C16H24N2O3S/c1-9(2)8-12(16(20)21)18-14(19)13-10(3)17-15(22-13)11-6-4-5-7-11/h9,11-12H,4-8H2,1-3H3,(H,18,19)(H,20,21)/t12-/m0/s1. The Kier molecular flexibility index (Phi) is 5.56. The summed E-state index contributed by atoms with van der Waals surface area (Å²) in [7, 11) is 0. The Morgan fingerprint density at radius 1 is 1.36 bits per heavy atom. The Bertz CT molecular complexity index is 548. The topological polar surface area (TPSA) is 79.3 Å². The van der Waals surface area contributed by atoms with Gasteiger partial charge in [-0.25, -0.2) is 9.78 Å². The molecule has 1 heterocycles. The molecule has 0 unspecified atom stereocenters. The molecule has 1 saturated carbocycles. The van der Waals surface area contributed by atoms with Gasteiger partial charge in [-0.3, -0.25) is 4.79 Å². The summed E-state index contributed by atoms with van der Waals surface area (Å²) in [6, 6.07) is -0.844. The quantitative estimate of drug-likeness (QED) is 0.841. The number of amides is 1. The van der Waals surface area contributed by atoms with Gasteiger partial charge < -0.3 is 10.4 Å². The molecule has 6 heteroatoms. The number of carboxylic acid groups (broad SMARTS) is 1. The first-order chi connectivity index (χ1) is 10.4. The zero-order chi connectivity index (χ0) is 16.3. The number of nitrogens with zero attached hydrogens (tertiary/aromatic N) is 1. The van der Waals surface area contributed by atoms with Crippen molar-refractivity contribution < 1.29 is 14.7 Å². The fraction of sp³-hybridized carbons (Fsp3) is 0.688. The van der Waals surface area contributed by atoms with Crippen LogP contribution in [0.2, 0.25) is 0 Å². The summed E-state index contributed by atoms with van der Waals surface area (Å²) in [6.45, 7) is 5.71. The van der Waals surface area contributed by atoms with Gasteiger partial charge in [-0.15, -0.1) is 11.3 Å². The number of hydrogen-bond acceptors (Lipinski definition) is 4. The minimum absolute atomic E-state index is 0.206. The normalized spacial score (nSPS) is 16.9. The minimum atomic E-state index is -0.986. The summed E-state index contributed by atoms with van der Waals surface area (Å²) in [6.07, 6.45) is 5.15. The highest BCUT2D eigenvalue weighted by molar-refractivity contribution is 7.13. The summed E-state index contributed by atoms with van der Waals surface area (Å²) in [5.41, 5.74) is 0.707. The SMILES string of the molecule is Cc1nc(C2CCCC2)sc1C(=O)N[C@@H](CC(C)C)C(=O)O. The van der Waals surface area contributed by atoms with Crippen molar-refractivity contribution in [2.75, 3.05) is 0 Å². The highest BCUT2D eigenvalue weighted by Gasteiger charge is 2.26. The van der Waals surface area contributed by atoms with E-state index in [0.29, 0.717) is 22.9 Å². The lowest BCUT2D eigenvalue weighted by Gasteiger charge is -2.16. The lowest BCUT2D eigenvalue weighted by atomic mass is 10.0. The maximum atomic E-state index is 12.4. The molecule has 0 radical (unpaired) electrons. The predicted octanol–water partition coefficient (Wildman–Crippen LogP) is 3.34. The fourth-order valence-corrected chi connectivity index (χ4v) is 4.03. The molecule has 1 amide bonds. The molecule has 122 valence electrons. The third-order valence-corrected chi connectivity index (χ3v) is 5.35. The zero-order valence-electron chi connectivity index (χ0n) is 13.4. The number of carbonyl (C=O) groups excluding carboxylic acids is 1. The van der Waals surface area contributed by atoms with Gasteiger partial charge in [0, 0.05) is 5.92 Å². The largest absolute Gasteiger partial charge is 0.480 e. The van der Waals surface area contributed by atoms with Crippen LogP contribution in [0.15, 0.2) is 0 Å². The summed E-state index contributed by atoms with van der Waals surface area (Å²) in [4.78, 5) is 28.7. The molecule has 22 heavy (non-hydrogen) atoms. The first-order valence-corrected chi connectivity index (χ1v) is 8.71. The van der Waals surface area contributed by atoms with E-state index in [1.165, 1.54) is 24.2 Å². The molecule has 2 N–H and O–H groups in total. The first kappa shape index (κ1) is 16.9. The molecule has 1 aliphatic carbocycles. The van der Waals surface area contributed by atoms with E-state index in [4.69, 9.17) is 0 Å². The van der Waals surface area contributed by atoms with Crippen molar-refractivity contribution in [3.63, 3.8) is 0 Å². The van der Waals surface area contributed by atoms with Gasteiger partial charge in [-0.2, -0.15) is 0 Å². The molecule has 1 fully saturated rings. The molecule has 2 rings (SSSR count). The van der Waals surface area contributed by atoms with Crippen LogP contribution in [0.3, 0.4) is 0 Å². The zero-order valence-corrected chi connectivity index (χ0v) is 14.2. The van der Waals surface area contributed by atoms with Gasteiger partial charge in [-0.05, 0) is 32.1 Å². The van der Waals surface area contributed by atoms with Gasteiger partial charge in [0.15, 0.2) is 0 Å². The minimum Gasteiger partial charge on any atom is -0.480 e. The van der Waals surface area contributed by atoms with E-state index in [9.17, 15) is 14.7 Å². The number of aryl methyl sites for hydroxylation is 1. The van der Waals surface area contributed by atoms with Gasteiger partial charge in [0.05, 0.1) is 10.7 Å². The molecule has 1 aliphatic rings. The number of carboxylic acids is 1. The van der Waals surface area contributed by atoms with E-state index in [-0.39, 0.29) is 11.8 Å². The average Bonchev–Trinajstić information content (AvgIpc) is 3.05. The molecule has 5 nitrogen and oxygen atoms in total. The monoisotopic (exact) mass is 324 g/mol. The van der Waals surface area contributed by atoms with E-state index >= 15 is 0 Å². The Morgan fingerprint density at radius 3 is 2.55 bits per heavy atom. The average molecular weight is 324 g/mol. The van der Waals surface area contributed by atoms with E-state index < -0.39 is 12.0 Å². The third kappa shape index (κ3) is 4.06. The van der Waals surface area contributed by atoms with E-state index in [0.717, 1.165) is 17.8 Å². The number of hydrogen-bond donors (Lipinski definition) is 2. The van der Waals surface area contributed by atoms with Crippen molar-refractivity contribution in [3.8, 4) is 0 Å². The summed E-state index contributed by atoms with van der Waals surface area (Å²) < 4.78 is 0. The van der Waals surface area contributed by atoms with Gasteiger partial charge in [0.25, 0.3) is 5.91 Å². The lowest BCUT2D eigenvalue weighted by molar-refractivity contribution is -0.139. The highest BCUT2D eigenvalue weighted by Crippen LogP contribution is 2.37. The molecule has 0 spiro atoms. The number of aromatic nitrogens is 1. The van der Waals surface area contributed by atoms with E-state index in [1.807, 2.05) is 20.8 Å². The second kappa shape index (κ2) is 7.22. The first-order valence-electron chi connectivity index (χ1n) is 7.89. The Balaban J connectivity index is 2.09. The fourth-order valence-electron chi connectivity index (χ4n) is 2.89. The molecular formula is C16H24N2O3S. The molecule has 1 aromatic heterocycles. The van der Waals surface area contributed by atoms with Crippen LogP contribution in [-0.2, 0) is 4.79 Å². The molecule has 1 atom stereocenters. The van der Waals surface area contributed by atoms with Crippen molar-refractivity contribution in [3.05, 3.63) is 15.6 Å². The third-order valence-electron chi connectivity index (χ3n) is 4.03. The number of thiazole rings is 1. The smallest absolute Gasteiger partial charge is 0.326 e. The molecule has 0 saturated heterocycles. The van der Waals surface area contributed by atoms with Crippen molar-refractivity contribution in [2.45, 2.75) is 64.8 Å². The Morgan fingerprint density at radius 2 is 2.00 bits per heavy atom. The predicted molar refractivity (Wildman–Crippen MR) is 86.4 cm³/mol. The van der Waals surface area contributed by atoms with Crippen LogP contribution >= 0.6 is 11.3 Å². The van der Waals surface area contributed by atoms with Crippen LogP contribution in [0.25, 0.3) is 0 Å². The summed E-state index contributed by atoms with van der Waals surface area (Å²) in [5, 5.41) is 12.9. The molecule has 0 aliphatic heterocycles. The number of carbonyl (C=O) groups is 2. The van der Waals surface area contributed by atoms with Crippen molar-refractivity contribution in [2.24, 2.45) is 5.92 Å². The number of aliphatic carboxylic acids is 1. The van der Waals surface area contributed by atoms with Gasteiger partial charge in [0.1, 0.15) is 10.9 Å². The molecule has 1 aromatic rings. The van der Waals surface area contributed by atoms with Crippen LogP contribution in [-0.4, -0.2) is 28.0 Å². The second-order valence-electron chi connectivity index (χ2n) is 6.44. The summed E-state index contributed by atoms with van der Waals surface area (Å²) >= 11 is 1.42. The van der Waals surface area contributed by atoms with Gasteiger partial charge in [-0.1, -0.05) is 26.7 Å². The maximum absolute atomic E-state index is 12.4. The number of rotatable bonds is 6. The second-order valence-corrected chi connectivity index (χ2v) is 7.47. The van der Waals surface area contributed by atoms with Gasteiger partial charge in [0.2, 0.25) is 0 Å². The van der Waals surface area contributed by atoms with Crippen LogP contribution < -0.4 is 5.32 Å². The van der Waals surface area contributed by atoms with Crippen LogP contribution in [0.5, 0.6) is 0 Å². The lowest BCUT2D eigenvalue weighted by Crippen LogP contribution is -2.41. The van der Waals surface area contributed by atoms with Gasteiger partial charge >= 0.3 is 5.97 Å². The van der Waals surface area contributed by atoms with Crippen LogP contribution in [0, 0.1) is 12.8 Å². The Hall–Kier alpha value is -1.43. The Labute approximate surface area is 135 Å². The van der Waals surface area contributed by atoms with Crippen LogP contribution in [0.4, 0.5) is 0 Å². The highest BCUT2D eigenvalue weighted by atomic mass is 32.1. The van der Waals surface area contributed by atoms with Crippen molar-refractivity contribution in [1.82, 2.24) is 10.3 Å². The molecular weight excluding hydrogens is 300 g/mol. The number of nitrogens with one attached hydrogen (secondary N) is 1. The maximum Gasteiger partial charge on any atom is 0.326 e. The molecule has 0 aromatic carbocycles. The van der Waals surface area contributed by atoms with Crippen molar-refractivity contribution >= 4 is 23.2 Å². The van der Waals surface area contributed by atoms with Crippen molar-refractivity contribution in [1.29, 1.82) is 0 Å². The summed E-state index contributed by atoms with van der Waals surface area (Å²) in [5.74, 6) is -0.623.